The van der Waals surface area contributed by atoms with Crippen molar-refractivity contribution in [2.24, 2.45) is 62.4 Å². The molecule has 3 saturated carbocycles. The Morgan fingerprint density at radius 2 is 1.61 bits per heavy atom. The predicted molar refractivity (Wildman–Crippen MR) is 216 cm³/mol. The van der Waals surface area contributed by atoms with E-state index in [0.717, 1.165) is 44.9 Å². The van der Waals surface area contributed by atoms with Crippen LogP contribution in [0.25, 0.3) is 0 Å². The quantitative estimate of drug-likeness (QED) is 0.0694. The fourth-order valence-electron chi connectivity index (χ4n) is 12.9. The van der Waals surface area contributed by atoms with Crippen molar-refractivity contribution in [3.05, 3.63) is 11.6 Å². The second kappa shape index (κ2) is 17.3. The average Bonchev–Trinajstić information content (AvgIpc) is 3.12. The van der Waals surface area contributed by atoms with Crippen LogP contribution in [-0.4, -0.2) is 73.6 Å². The first-order valence-corrected chi connectivity index (χ1v) is 22.0. The van der Waals surface area contributed by atoms with E-state index < -0.39 is 58.3 Å². The molecule has 12 atom stereocenters. The zero-order chi connectivity index (χ0) is 41.3. The standard InChI is InChI=1S/C45H75N3O8/c1-10-11-12-14-23-47-40(53)48-24-15-13-16-33(46)39(52)56-37-34(55-30(5)49)25-45-27-54-26-42(37,7)35(45)18-17-31-32(45)19-20-44(9)36(38(50)51)41(6,29(4)28(2)3)21-22-43(31,44)8/h19,28-29,31,33-37H,10-18,20-27,46H2,1-9H3,(H,50,51)(H2,47,48,53)/t29-,31+,33?,34-,35+,36-,37+,41-,42-,43-,44+,45+/m1/s1. The summed E-state index contributed by atoms with van der Waals surface area (Å²) in [5.41, 5.74) is 5.69. The second-order valence-corrected chi connectivity index (χ2v) is 19.9. The van der Waals surface area contributed by atoms with Crippen LogP contribution in [0.3, 0.4) is 0 Å². The molecular formula is C45H75N3O8. The van der Waals surface area contributed by atoms with Crippen LogP contribution >= 0.6 is 0 Å². The van der Waals surface area contributed by atoms with Gasteiger partial charge in [0.05, 0.1) is 19.1 Å². The Kier molecular flexibility index (Phi) is 13.7. The maximum Gasteiger partial charge on any atom is 0.323 e. The fourth-order valence-corrected chi connectivity index (χ4v) is 12.9. The van der Waals surface area contributed by atoms with Gasteiger partial charge in [-0.05, 0) is 104 Å². The van der Waals surface area contributed by atoms with Crippen LogP contribution in [-0.2, 0) is 28.6 Å². The summed E-state index contributed by atoms with van der Waals surface area (Å²) in [5.74, 6) is -1.19. The second-order valence-electron chi connectivity index (χ2n) is 19.9. The molecular weight excluding hydrogens is 711 g/mol. The van der Waals surface area contributed by atoms with Crippen molar-refractivity contribution < 1.29 is 38.5 Å². The number of amides is 2. The van der Waals surface area contributed by atoms with Crippen molar-refractivity contribution in [1.29, 1.82) is 0 Å². The molecule has 11 heteroatoms. The molecule has 5 rings (SSSR count). The Morgan fingerprint density at radius 3 is 2.23 bits per heavy atom. The number of ether oxygens (including phenoxy) is 3. The van der Waals surface area contributed by atoms with E-state index in [0.29, 0.717) is 64.3 Å². The molecule has 11 nitrogen and oxygen atoms in total. The number of allylic oxidation sites excluding steroid dienone is 1. The molecule has 0 aromatic carbocycles. The maximum atomic E-state index is 13.7. The number of nitrogens with one attached hydrogen (secondary N) is 2. The number of hydrogen-bond donors (Lipinski definition) is 4. The number of carbonyl (C=O) groups excluding carboxylic acids is 3. The van der Waals surface area contributed by atoms with Gasteiger partial charge in [-0.3, -0.25) is 14.4 Å². The van der Waals surface area contributed by atoms with Gasteiger partial charge in [0.15, 0.2) is 0 Å². The van der Waals surface area contributed by atoms with E-state index in [1.807, 2.05) is 0 Å². The smallest absolute Gasteiger partial charge is 0.323 e. The summed E-state index contributed by atoms with van der Waals surface area (Å²) in [7, 11) is 0. The minimum absolute atomic E-state index is 0.119. The molecule has 1 heterocycles. The van der Waals surface area contributed by atoms with Gasteiger partial charge in [0.1, 0.15) is 18.2 Å². The van der Waals surface area contributed by atoms with Gasteiger partial charge in [0.2, 0.25) is 0 Å². The third-order valence-electron chi connectivity index (χ3n) is 16.5. The number of carbonyl (C=O) groups is 4. The van der Waals surface area contributed by atoms with E-state index in [1.54, 1.807) is 0 Å². The van der Waals surface area contributed by atoms with Gasteiger partial charge in [-0.2, -0.15) is 0 Å². The molecule has 1 unspecified atom stereocenters. The van der Waals surface area contributed by atoms with E-state index in [-0.39, 0.29) is 34.6 Å². The van der Waals surface area contributed by atoms with Crippen LogP contribution in [0.15, 0.2) is 11.6 Å². The van der Waals surface area contributed by atoms with Crippen LogP contribution in [0.1, 0.15) is 146 Å². The Hall–Kier alpha value is -2.66. The van der Waals surface area contributed by atoms with Crippen LogP contribution in [0.5, 0.6) is 0 Å². The molecule has 1 saturated heterocycles. The molecule has 5 N–H and O–H groups in total. The van der Waals surface area contributed by atoms with Gasteiger partial charge in [-0.25, -0.2) is 4.79 Å². The molecule has 0 aromatic heterocycles. The van der Waals surface area contributed by atoms with Crippen molar-refractivity contribution in [2.45, 2.75) is 164 Å². The average molecular weight is 786 g/mol. The molecule has 4 aliphatic carbocycles. The molecule has 56 heavy (non-hydrogen) atoms. The first kappa shape index (κ1) is 44.4. The van der Waals surface area contributed by atoms with Gasteiger partial charge in [0, 0.05) is 30.8 Å². The number of fused-ring (bicyclic) bond motifs is 3. The topological polar surface area (TPSA) is 166 Å². The predicted octanol–water partition coefficient (Wildman–Crippen LogP) is 7.80. The third kappa shape index (κ3) is 7.90. The van der Waals surface area contributed by atoms with E-state index in [2.05, 4.69) is 72.1 Å². The number of esters is 2. The zero-order valence-electron chi connectivity index (χ0n) is 36.1. The molecule has 0 radical (unpaired) electrons. The number of hydrogen-bond acceptors (Lipinski definition) is 8. The molecule has 318 valence electrons. The van der Waals surface area contributed by atoms with Crippen molar-refractivity contribution in [1.82, 2.24) is 10.6 Å². The summed E-state index contributed by atoms with van der Waals surface area (Å²) in [5, 5.41) is 16.8. The molecule has 2 amide bonds. The highest BCUT2D eigenvalue weighted by molar-refractivity contribution is 5.76. The Labute approximate surface area is 336 Å². The number of nitrogens with two attached hydrogens (primary N) is 1. The van der Waals surface area contributed by atoms with Crippen LogP contribution in [0, 0.1) is 56.7 Å². The third-order valence-corrected chi connectivity index (χ3v) is 16.5. The summed E-state index contributed by atoms with van der Waals surface area (Å²) in [6.07, 6.45) is 11.9. The normalized spacial score (nSPS) is 38.5. The van der Waals surface area contributed by atoms with Crippen molar-refractivity contribution in [2.75, 3.05) is 26.3 Å². The maximum absolute atomic E-state index is 13.7. The summed E-state index contributed by atoms with van der Waals surface area (Å²) in [6, 6.07) is -1.03. The first-order valence-electron chi connectivity index (χ1n) is 22.0. The lowest BCUT2D eigenvalue weighted by atomic mass is 9.34. The van der Waals surface area contributed by atoms with Crippen LogP contribution < -0.4 is 16.4 Å². The number of carboxylic acids is 1. The summed E-state index contributed by atoms with van der Waals surface area (Å²) >= 11 is 0. The number of carboxylic acid groups (broad SMARTS) is 1. The molecule has 0 spiro atoms. The summed E-state index contributed by atoms with van der Waals surface area (Å²) in [4.78, 5) is 51.9. The highest BCUT2D eigenvalue weighted by Crippen LogP contribution is 2.75. The van der Waals surface area contributed by atoms with Gasteiger partial charge in [0.25, 0.3) is 0 Å². The lowest BCUT2D eigenvalue weighted by Crippen LogP contribution is -2.70. The fraction of sp³-hybridized carbons (Fsp3) is 0.867. The Balaban J connectivity index is 1.32. The molecule has 0 aromatic rings. The van der Waals surface area contributed by atoms with Crippen molar-refractivity contribution in [3.63, 3.8) is 0 Å². The van der Waals surface area contributed by atoms with Gasteiger partial charge < -0.3 is 35.7 Å². The molecule has 1 aliphatic heterocycles. The van der Waals surface area contributed by atoms with Gasteiger partial charge in [-0.15, -0.1) is 0 Å². The van der Waals surface area contributed by atoms with E-state index >= 15 is 0 Å². The van der Waals surface area contributed by atoms with Gasteiger partial charge >= 0.3 is 23.9 Å². The first-order chi connectivity index (χ1) is 26.3. The van der Waals surface area contributed by atoms with E-state index in [9.17, 15) is 24.3 Å². The minimum atomic E-state index is -0.854. The van der Waals surface area contributed by atoms with Crippen molar-refractivity contribution >= 4 is 23.9 Å². The highest BCUT2D eigenvalue weighted by Gasteiger charge is 2.72. The van der Waals surface area contributed by atoms with Crippen LogP contribution in [0.2, 0.25) is 0 Å². The number of urea groups is 1. The lowest BCUT2D eigenvalue weighted by Gasteiger charge is -2.71. The SMILES string of the molecule is CCCCCCNC(=O)NCCCCC(N)C(=O)O[C@H]1[C@H](OC(C)=O)C[C@@]23COC[C@]1(C)[C@@H]2CC[C@H]1C3=CC[C@@]2(C)[C@H](C(=O)O)[C@@](C)([C@H](C)C(C)C)CC[C@]12C. The minimum Gasteiger partial charge on any atom is -0.481 e. The molecule has 4 fully saturated rings. The van der Waals surface area contributed by atoms with E-state index in [1.165, 1.54) is 18.9 Å². The highest BCUT2D eigenvalue weighted by atomic mass is 16.6. The number of unbranched alkanes of at least 4 members (excludes halogenated alkanes) is 4. The number of aliphatic carboxylic acids is 1. The Morgan fingerprint density at radius 1 is 0.929 bits per heavy atom. The van der Waals surface area contributed by atoms with E-state index in [4.69, 9.17) is 19.9 Å². The van der Waals surface area contributed by atoms with Crippen LogP contribution in [0.4, 0.5) is 4.79 Å². The number of rotatable bonds is 16. The summed E-state index contributed by atoms with van der Waals surface area (Å²) < 4.78 is 19.0. The lowest BCUT2D eigenvalue weighted by molar-refractivity contribution is -0.263. The van der Waals surface area contributed by atoms with Gasteiger partial charge in [-0.1, -0.05) is 86.3 Å². The molecule has 5 aliphatic rings. The summed E-state index contributed by atoms with van der Waals surface area (Å²) in [6.45, 7) is 21.2. The monoisotopic (exact) mass is 786 g/mol. The Bertz CT molecular complexity index is 1480. The zero-order valence-corrected chi connectivity index (χ0v) is 36.1. The molecule has 2 bridgehead atoms. The largest absolute Gasteiger partial charge is 0.481 e. The van der Waals surface area contributed by atoms with Crippen molar-refractivity contribution in [3.8, 4) is 0 Å².